The average Bonchev–Trinajstić information content (AvgIpc) is 2.35. The molecule has 2 nitrogen and oxygen atoms in total. The van der Waals surface area contributed by atoms with Crippen molar-refractivity contribution in [1.29, 1.82) is 0 Å². The molecular weight excluding hydrogens is 232 g/mol. The number of nitrogens with one attached hydrogen (secondary N) is 1. The van der Waals surface area contributed by atoms with Crippen LogP contribution in [0.5, 0.6) is 0 Å². The molecule has 1 N–H and O–H groups in total. The molecule has 5 rings (SSSR count). The van der Waals surface area contributed by atoms with Crippen molar-refractivity contribution < 1.29 is 0 Å². The predicted molar refractivity (Wildman–Crippen MR) is 79.1 cm³/mol. The number of nitrogens with zero attached hydrogens (tertiary/aromatic N) is 1. The van der Waals surface area contributed by atoms with Crippen molar-refractivity contribution in [3.63, 3.8) is 0 Å². The lowest BCUT2D eigenvalue weighted by atomic mass is 9.49. The Hall–Kier alpha value is -0.0800. The van der Waals surface area contributed by atoms with Gasteiger partial charge in [-0.1, -0.05) is 0 Å². The first kappa shape index (κ1) is 12.6. The first-order valence-corrected chi connectivity index (χ1v) is 8.66. The van der Waals surface area contributed by atoms with Crippen LogP contribution in [0.3, 0.4) is 0 Å². The lowest BCUT2D eigenvalue weighted by Crippen LogP contribution is -2.51. The number of piperazine rings is 1. The topological polar surface area (TPSA) is 15.3 Å². The largest absolute Gasteiger partial charge is 0.312 e. The Balaban J connectivity index is 1.37. The van der Waals surface area contributed by atoms with Gasteiger partial charge in [0.1, 0.15) is 0 Å². The first-order valence-electron chi connectivity index (χ1n) is 8.66. The molecule has 4 aliphatic carbocycles. The molecule has 4 bridgehead atoms. The van der Waals surface area contributed by atoms with Gasteiger partial charge >= 0.3 is 0 Å². The van der Waals surface area contributed by atoms with Gasteiger partial charge in [-0.15, -0.1) is 0 Å². The molecular formula is C17H30N2. The van der Waals surface area contributed by atoms with Gasteiger partial charge < -0.3 is 10.2 Å². The molecule has 1 heterocycles. The number of rotatable bonds is 3. The van der Waals surface area contributed by atoms with E-state index >= 15 is 0 Å². The van der Waals surface area contributed by atoms with Crippen LogP contribution >= 0.6 is 0 Å². The summed E-state index contributed by atoms with van der Waals surface area (Å²) in [5.74, 6) is 3.36. The zero-order valence-electron chi connectivity index (χ0n) is 12.5. The molecule has 0 amide bonds. The summed E-state index contributed by atoms with van der Waals surface area (Å²) in [5.41, 5.74) is 0.781. The van der Waals surface area contributed by atoms with Gasteiger partial charge in [0.15, 0.2) is 0 Å². The van der Waals surface area contributed by atoms with E-state index in [1.54, 1.807) is 38.5 Å². The molecule has 108 valence electrons. The van der Waals surface area contributed by atoms with Gasteiger partial charge in [-0.3, -0.25) is 0 Å². The third-order valence-corrected chi connectivity index (χ3v) is 6.58. The van der Waals surface area contributed by atoms with Crippen LogP contribution in [0.25, 0.3) is 0 Å². The van der Waals surface area contributed by atoms with Crippen LogP contribution in [0.1, 0.15) is 51.9 Å². The summed E-state index contributed by atoms with van der Waals surface area (Å²) in [4.78, 5) is 2.72. The minimum Gasteiger partial charge on any atom is -0.312 e. The molecule has 5 fully saturated rings. The molecule has 0 spiro atoms. The lowest BCUT2D eigenvalue weighted by molar-refractivity contribution is -0.0616. The van der Waals surface area contributed by atoms with Crippen molar-refractivity contribution in [1.82, 2.24) is 10.2 Å². The molecule has 1 saturated heterocycles. The summed E-state index contributed by atoms with van der Waals surface area (Å²) in [7, 11) is 0. The van der Waals surface area contributed by atoms with E-state index < -0.39 is 0 Å². The standard InChI is InChI=1S/C17H30N2/c1-13-12-19(5-3-18-13)4-2-17-9-14-6-15(10-17)8-16(7-14)11-17/h13-16,18H,2-12H2,1H3. The molecule has 19 heavy (non-hydrogen) atoms. The minimum absolute atomic E-state index is 0.699. The van der Waals surface area contributed by atoms with Crippen molar-refractivity contribution in [2.75, 3.05) is 26.2 Å². The molecule has 0 radical (unpaired) electrons. The SMILES string of the molecule is CC1CN(CCC23CC4CC(CC(C4)C2)C3)CCN1. The number of hydrogen-bond donors (Lipinski definition) is 1. The maximum atomic E-state index is 3.56. The van der Waals surface area contributed by atoms with Crippen LogP contribution in [-0.2, 0) is 0 Å². The fraction of sp³-hybridized carbons (Fsp3) is 1.00. The summed E-state index contributed by atoms with van der Waals surface area (Å²) in [6.45, 7) is 7.44. The van der Waals surface area contributed by atoms with Gasteiger partial charge in [-0.2, -0.15) is 0 Å². The molecule has 0 aromatic heterocycles. The van der Waals surface area contributed by atoms with Crippen LogP contribution in [0.4, 0.5) is 0 Å². The number of hydrogen-bond acceptors (Lipinski definition) is 2. The van der Waals surface area contributed by atoms with Crippen molar-refractivity contribution in [3.05, 3.63) is 0 Å². The Kier molecular flexibility index (Phi) is 3.15. The van der Waals surface area contributed by atoms with E-state index in [-0.39, 0.29) is 0 Å². The first-order chi connectivity index (χ1) is 9.21. The van der Waals surface area contributed by atoms with Crippen LogP contribution in [0.2, 0.25) is 0 Å². The fourth-order valence-electron chi connectivity index (χ4n) is 6.21. The van der Waals surface area contributed by atoms with Crippen LogP contribution in [0, 0.1) is 23.2 Å². The highest BCUT2D eigenvalue weighted by Crippen LogP contribution is 2.61. The summed E-state index contributed by atoms with van der Waals surface area (Å²) in [6, 6.07) is 0.699. The minimum atomic E-state index is 0.699. The molecule has 1 aliphatic heterocycles. The quantitative estimate of drug-likeness (QED) is 0.841. The van der Waals surface area contributed by atoms with Crippen molar-refractivity contribution >= 4 is 0 Å². The third-order valence-electron chi connectivity index (χ3n) is 6.58. The summed E-state index contributed by atoms with van der Waals surface area (Å²) < 4.78 is 0. The Bertz CT molecular complexity index is 303. The monoisotopic (exact) mass is 262 g/mol. The Morgan fingerprint density at radius 2 is 1.68 bits per heavy atom. The normalized spacial score (nSPS) is 49.7. The van der Waals surface area contributed by atoms with Crippen molar-refractivity contribution in [2.45, 2.75) is 57.9 Å². The van der Waals surface area contributed by atoms with Crippen LogP contribution < -0.4 is 5.32 Å². The highest BCUT2D eigenvalue weighted by Gasteiger charge is 2.50. The van der Waals surface area contributed by atoms with Gasteiger partial charge in [-0.25, -0.2) is 0 Å². The average molecular weight is 262 g/mol. The van der Waals surface area contributed by atoms with Gasteiger partial charge in [0.25, 0.3) is 0 Å². The molecule has 2 heteroatoms. The summed E-state index contributed by atoms with van der Waals surface area (Å²) in [6.07, 6.45) is 11.0. The third kappa shape index (κ3) is 2.47. The molecule has 4 saturated carbocycles. The highest BCUT2D eigenvalue weighted by atomic mass is 15.2. The van der Waals surface area contributed by atoms with Crippen molar-refractivity contribution in [3.8, 4) is 0 Å². The van der Waals surface area contributed by atoms with Gasteiger partial charge in [0.2, 0.25) is 0 Å². The predicted octanol–water partition coefficient (Wildman–Crippen LogP) is 2.89. The van der Waals surface area contributed by atoms with E-state index in [0.29, 0.717) is 6.04 Å². The zero-order valence-corrected chi connectivity index (χ0v) is 12.5. The van der Waals surface area contributed by atoms with Crippen LogP contribution in [-0.4, -0.2) is 37.1 Å². The molecule has 5 aliphatic rings. The van der Waals surface area contributed by atoms with Gasteiger partial charge in [0, 0.05) is 25.7 Å². The van der Waals surface area contributed by atoms with E-state index in [4.69, 9.17) is 0 Å². The maximum Gasteiger partial charge on any atom is 0.0167 e. The molecule has 1 atom stereocenters. The van der Waals surface area contributed by atoms with E-state index in [0.717, 1.165) is 23.2 Å². The molecule has 0 aromatic carbocycles. The Morgan fingerprint density at radius 1 is 1.05 bits per heavy atom. The second-order valence-corrected chi connectivity index (χ2v) is 8.32. The van der Waals surface area contributed by atoms with E-state index in [1.165, 1.54) is 32.6 Å². The molecule has 0 aromatic rings. The van der Waals surface area contributed by atoms with E-state index in [2.05, 4.69) is 17.1 Å². The van der Waals surface area contributed by atoms with E-state index in [1.807, 2.05) is 0 Å². The van der Waals surface area contributed by atoms with Crippen LogP contribution in [0.15, 0.2) is 0 Å². The van der Waals surface area contributed by atoms with Gasteiger partial charge in [-0.05, 0) is 81.6 Å². The fourth-order valence-corrected chi connectivity index (χ4v) is 6.21. The highest BCUT2D eigenvalue weighted by molar-refractivity contribution is 5.01. The van der Waals surface area contributed by atoms with Gasteiger partial charge in [0.05, 0.1) is 0 Å². The Labute approximate surface area is 118 Å². The van der Waals surface area contributed by atoms with Crippen molar-refractivity contribution in [2.24, 2.45) is 23.2 Å². The summed E-state index contributed by atoms with van der Waals surface area (Å²) in [5, 5.41) is 3.56. The summed E-state index contributed by atoms with van der Waals surface area (Å²) >= 11 is 0. The Morgan fingerprint density at radius 3 is 2.26 bits per heavy atom. The zero-order chi connectivity index (χ0) is 12.9. The lowest BCUT2D eigenvalue weighted by Gasteiger charge is -2.57. The second kappa shape index (κ2) is 4.73. The molecule has 1 unspecified atom stereocenters. The maximum absolute atomic E-state index is 3.56. The van der Waals surface area contributed by atoms with E-state index in [9.17, 15) is 0 Å². The smallest absolute Gasteiger partial charge is 0.0167 e. The second-order valence-electron chi connectivity index (χ2n) is 8.32.